The predicted octanol–water partition coefficient (Wildman–Crippen LogP) is 8.70. The van der Waals surface area contributed by atoms with Crippen molar-refractivity contribution < 1.29 is 41.5 Å². The third kappa shape index (κ3) is 12.6. The van der Waals surface area contributed by atoms with E-state index in [4.69, 9.17) is 69.9 Å². The van der Waals surface area contributed by atoms with Crippen LogP contribution < -0.4 is 24.8 Å². The summed E-state index contributed by atoms with van der Waals surface area (Å²) in [7, 11) is -3.39. The van der Waals surface area contributed by atoms with Gasteiger partial charge in [0.25, 0.3) is 21.9 Å². The molecule has 18 heteroatoms. The molecule has 3 N–H and O–H groups in total. The molecule has 0 spiro atoms. The maximum absolute atomic E-state index is 12.3. The number of nitrogens with zero attached hydrogens (tertiary/aromatic N) is 2. The molecule has 2 amide bonds. The SMILES string of the molecule is CS(=O)(=O)OC1CCN(C23CC(NC(=O)COc4ccc(Cl)cc4)(C2)C3)CC1.O=C(COc1ccc(Cl)cc1)NC12CC(N3CCC(Oc4ccc(Cl)cc4)CC3)(C1)C2.Oc1ccc(Cl)cc1. The van der Waals surface area contributed by atoms with Gasteiger partial charge in [0.05, 0.1) is 12.4 Å². The molecule has 8 aliphatic rings. The molecule has 2 heterocycles. The highest BCUT2D eigenvalue weighted by molar-refractivity contribution is 7.86. The van der Waals surface area contributed by atoms with Gasteiger partial charge in [-0.1, -0.05) is 46.4 Å². The monoisotopic (exact) mass is 1020 g/mol. The van der Waals surface area contributed by atoms with E-state index in [9.17, 15) is 18.0 Å². The van der Waals surface area contributed by atoms with E-state index in [0.717, 1.165) is 107 Å². The summed E-state index contributed by atoms with van der Waals surface area (Å²) < 4.78 is 44.8. The topological polar surface area (TPSA) is 156 Å². The van der Waals surface area contributed by atoms with Gasteiger partial charge in [0, 0.05) is 68.4 Å². The van der Waals surface area contributed by atoms with Crippen LogP contribution in [-0.2, 0) is 23.9 Å². The number of likely N-dealkylation sites (tertiary alicyclic amines) is 2. The van der Waals surface area contributed by atoms with Crippen molar-refractivity contribution >= 4 is 68.3 Å². The van der Waals surface area contributed by atoms with E-state index < -0.39 is 10.1 Å². The normalized spacial score (nSPS) is 26.5. The Labute approximate surface area is 412 Å². The predicted molar refractivity (Wildman–Crippen MR) is 259 cm³/mol. The minimum Gasteiger partial charge on any atom is -0.508 e. The highest BCUT2D eigenvalue weighted by Gasteiger charge is 2.71. The lowest BCUT2D eigenvalue weighted by Gasteiger charge is -2.74. The summed E-state index contributed by atoms with van der Waals surface area (Å²) in [6.45, 7) is 3.78. The van der Waals surface area contributed by atoms with Gasteiger partial charge in [-0.25, -0.2) is 0 Å². The zero-order valence-electron chi connectivity index (χ0n) is 37.2. The van der Waals surface area contributed by atoms with Gasteiger partial charge in [0.2, 0.25) is 0 Å². The molecule has 6 aliphatic carbocycles. The molecule has 4 aromatic carbocycles. The van der Waals surface area contributed by atoms with Crippen LogP contribution in [0, 0.1) is 0 Å². The second-order valence-electron chi connectivity index (χ2n) is 18.9. The van der Waals surface area contributed by atoms with Crippen molar-refractivity contribution in [3.05, 3.63) is 117 Å². The van der Waals surface area contributed by atoms with Crippen LogP contribution in [0.3, 0.4) is 0 Å². The number of hydrogen-bond donors (Lipinski definition) is 3. The lowest BCUT2D eigenvalue weighted by Crippen LogP contribution is -2.84. The number of carbonyl (C=O) groups is 2. The van der Waals surface area contributed by atoms with E-state index in [1.165, 1.54) is 0 Å². The molecule has 0 aromatic heterocycles. The minimum atomic E-state index is -3.39. The number of benzene rings is 4. The molecule has 8 fully saturated rings. The van der Waals surface area contributed by atoms with Gasteiger partial charge in [-0.3, -0.25) is 23.6 Å². The van der Waals surface area contributed by atoms with Crippen LogP contribution in [0.15, 0.2) is 97.1 Å². The number of piperidine rings is 2. The van der Waals surface area contributed by atoms with Crippen LogP contribution in [0.2, 0.25) is 20.1 Å². The number of rotatable bonds is 14. The largest absolute Gasteiger partial charge is 0.508 e. The van der Waals surface area contributed by atoms with E-state index in [0.29, 0.717) is 26.6 Å². The fourth-order valence-electron chi connectivity index (χ4n) is 10.7. The first-order valence-corrected chi connectivity index (χ1v) is 25.9. The molecule has 6 saturated carbocycles. The van der Waals surface area contributed by atoms with Crippen LogP contribution in [0.1, 0.15) is 64.2 Å². The van der Waals surface area contributed by atoms with Crippen LogP contribution in [0.4, 0.5) is 0 Å². The maximum Gasteiger partial charge on any atom is 0.264 e. The van der Waals surface area contributed by atoms with Gasteiger partial charge in [-0.2, -0.15) is 8.42 Å². The summed E-state index contributed by atoms with van der Waals surface area (Å²) in [5.41, 5.74) is 0.313. The molecular formula is C49H56Cl4N4O9S. The Morgan fingerprint density at radius 2 is 0.896 bits per heavy atom. The van der Waals surface area contributed by atoms with Crippen molar-refractivity contribution in [3.63, 3.8) is 0 Å². The number of amides is 2. The number of phenolic OH excluding ortho intramolecular Hbond substituents is 1. The van der Waals surface area contributed by atoms with E-state index in [1.807, 2.05) is 24.3 Å². The standard InChI is InChI=1S/C24H26Cl2N2O3.C19H25ClN2O5S.C6H5ClO/c25-17-1-5-19(6-2-17)30-13-22(29)27-23-14-24(15-23,16-23)28-11-9-21(10-12-28)31-20-7-3-18(26)4-8-20;1-28(24,25)27-16-6-8-22(9-7-16)19-11-18(12-19,13-19)21-17(23)10-26-15-4-2-14(20)3-5-15;7-5-1-3-6(8)4-2-5/h1-8,21H,9-16H2,(H,27,29);2-5,16H,6-13H2,1H3,(H,21,23);1-4,8H. The van der Waals surface area contributed by atoms with Crippen molar-refractivity contribution in [1.29, 1.82) is 0 Å². The quantitative estimate of drug-likeness (QED) is 0.104. The van der Waals surface area contributed by atoms with E-state index >= 15 is 0 Å². The Morgan fingerprint density at radius 1 is 0.567 bits per heavy atom. The summed E-state index contributed by atoms with van der Waals surface area (Å²) >= 11 is 23.1. The Bertz CT molecular complexity index is 2390. The van der Waals surface area contributed by atoms with Gasteiger partial charge in [-0.05, 0) is 161 Å². The van der Waals surface area contributed by atoms with Gasteiger partial charge < -0.3 is 30.0 Å². The average molecular weight is 1020 g/mol. The Kier molecular flexibility index (Phi) is 15.2. The van der Waals surface area contributed by atoms with Gasteiger partial charge >= 0.3 is 0 Å². The number of ether oxygens (including phenoxy) is 3. The number of hydrogen-bond acceptors (Lipinski definition) is 11. The maximum atomic E-state index is 12.3. The number of aromatic hydroxyl groups is 1. The number of nitrogens with one attached hydrogen (secondary N) is 2. The molecule has 13 nitrogen and oxygen atoms in total. The van der Waals surface area contributed by atoms with Crippen LogP contribution >= 0.6 is 46.4 Å². The van der Waals surface area contributed by atoms with Crippen LogP contribution in [-0.4, -0.2) is 115 Å². The molecule has 67 heavy (non-hydrogen) atoms. The van der Waals surface area contributed by atoms with Gasteiger partial charge in [0.15, 0.2) is 13.2 Å². The highest BCUT2D eigenvalue weighted by Crippen LogP contribution is 2.65. The average Bonchev–Trinajstić information content (AvgIpc) is 3.24. The zero-order chi connectivity index (χ0) is 47.5. The van der Waals surface area contributed by atoms with E-state index in [1.54, 1.807) is 72.8 Å². The number of halogens is 4. The third-order valence-electron chi connectivity index (χ3n) is 13.7. The first kappa shape index (κ1) is 49.4. The van der Waals surface area contributed by atoms with Crippen molar-refractivity contribution in [2.24, 2.45) is 0 Å². The Balaban J connectivity index is 0.000000156. The molecule has 4 bridgehead atoms. The molecule has 360 valence electrons. The summed E-state index contributed by atoms with van der Waals surface area (Å²) in [4.78, 5) is 29.6. The number of carbonyl (C=O) groups excluding carboxylic acids is 2. The molecule has 0 unspecified atom stereocenters. The molecule has 0 atom stereocenters. The van der Waals surface area contributed by atoms with E-state index in [2.05, 4.69) is 20.4 Å². The van der Waals surface area contributed by atoms with E-state index in [-0.39, 0.29) is 65.1 Å². The molecule has 0 radical (unpaired) electrons. The first-order chi connectivity index (χ1) is 31.9. The second kappa shape index (κ2) is 20.5. The summed E-state index contributed by atoms with van der Waals surface area (Å²) in [5, 5.41) is 17.7. The van der Waals surface area contributed by atoms with Crippen molar-refractivity contribution in [1.82, 2.24) is 20.4 Å². The summed E-state index contributed by atoms with van der Waals surface area (Å²) in [5.74, 6) is 2.23. The fraction of sp³-hybridized carbons (Fsp3) is 0.469. The third-order valence-corrected chi connectivity index (χ3v) is 15.3. The van der Waals surface area contributed by atoms with Crippen molar-refractivity contribution in [3.8, 4) is 23.0 Å². The fourth-order valence-corrected chi connectivity index (χ4v) is 11.9. The molecular weight excluding hydrogens is 962 g/mol. The van der Waals surface area contributed by atoms with Crippen LogP contribution in [0.5, 0.6) is 23.0 Å². The Morgan fingerprint density at radius 3 is 1.24 bits per heavy atom. The Hall–Kier alpha value is -3.99. The van der Waals surface area contributed by atoms with Gasteiger partial charge in [0.1, 0.15) is 29.1 Å². The highest BCUT2D eigenvalue weighted by atomic mass is 35.5. The van der Waals surface area contributed by atoms with Crippen molar-refractivity contribution in [2.75, 3.05) is 45.6 Å². The molecule has 4 aromatic rings. The van der Waals surface area contributed by atoms with Gasteiger partial charge in [-0.15, -0.1) is 0 Å². The second-order valence-corrected chi connectivity index (χ2v) is 22.2. The smallest absolute Gasteiger partial charge is 0.264 e. The van der Waals surface area contributed by atoms with Crippen LogP contribution in [0.25, 0.3) is 0 Å². The minimum absolute atomic E-state index is 0.00932. The molecule has 2 saturated heterocycles. The first-order valence-electron chi connectivity index (χ1n) is 22.5. The molecule has 2 aliphatic heterocycles. The lowest BCUT2D eigenvalue weighted by atomic mass is 9.43. The van der Waals surface area contributed by atoms with Crippen molar-refractivity contribution in [2.45, 2.75) is 98.6 Å². The summed E-state index contributed by atoms with van der Waals surface area (Å²) in [6.07, 6.45) is 10.6. The lowest BCUT2D eigenvalue weighted by molar-refractivity contribution is -0.191. The zero-order valence-corrected chi connectivity index (χ0v) is 41.1. The summed E-state index contributed by atoms with van der Waals surface area (Å²) in [6, 6.07) is 27.9. The number of phenols is 1. The molecule has 12 rings (SSSR count).